The predicted octanol–water partition coefficient (Wildman–Crippen LogP) is 16.9. The zero-order valence-electron chi connectivity index (χ0n) is 33.9. The number of hydrogen-bond donors (Lipinski definition) is 0. The van der Waals surface area contributed by atoms with Crippen molar-refractivity contribution in [1.82, 2.24) is 0 Å². The Balaban J connectivity index is 3.17. The lowest BCUT2D eigenvalue weighted by molar-refractivity contribution is -0.143. The van der Waals surface area contributed by atoms with Crippen molar-refractivity contribution in [2.75, 3.05) is 6.61 Å². The van der Waals surface area contributed by atoms with Crippen LogP contribution in [0.2, 0.25) is 0 Å². The van der Waals surface area contributed by atoms with E-state index < -0.39 is 0 Å². The number of ether oxygens (including phenoxy) is 1. The highest BCUT2D eigenvalue weighted by Crippen LogP contribution is 2.16. The molecule has 0 atom stereocenters. The molecular weight excluding hydrogens is 597 g/mol. The van der Waals surface area contributed by atoms with E-state index in [4.69, 9.17) is 4.74 Å². The Kier molecular flexibility index (Phi) is 44.0. The number of rotatable bonds is 42. The molecule has 0 radical (unpaired) electrons. The van der Waals surface area contributed by atoms with Gasteiger partial charge in [0.25, 0.3) is 0 Å². The second kappa shape index (κ2) is 45.0. The molecule has 0 amide bonds. The summed E-state index contributed by atoms with van der Waals surface area (Å²) in [6.07, 6.45) is 61.5. The van der Waals surface area contributed by atoms with Crippen LogP contribution < -0.4 is 0 Å². The van der Waals surface area contributed by atoms with E-state index >= 15 is 0 Å². The van der Waals surface area contributed by atoms with Crippen LogP contribution >= 0.6 is 0 Å². The first-order valence-electron chi connectivity index (χ1n) is 22.8. The van der Waals surface area contributed by atoms with Crippen LogP contribution in [-0.4, -0.2) is 12.6 Å². The monoisotopic (exact) mass is 687 g/mol. The van der Waals surface area contributed by atoms with Crippen LogP contribution in [0.1, 0.15) is 264 Å². The normalized spacial score (nSPS) is 11.8. The lowest BCUT2D eigenvalue weighted by Gasteiger charge is -2.06. The Labute approximate surface area is 309 Å². The summed E-state index contributed by atoms with van der Waals surface area (Å²) in [5, 5.41) is 0. The Morgan fingerprint density at radius 1 is 0.347 bits per heavy atom. The Bertz CT molecular complexity index is 665. The number of hydrogen-bond acceptors (Lipinski definition) is 2. The Hall–Kier alpha value is -1.05. The van der Waals surface area contributed by atoms with E-state index in [1.165, 1.54) is 218 Å². The standard InChI is InChI=1S/C47H90O2/c1-3-5-7-9-11-13-15-17-19-20-21-22-23-24-25-26-27-28-29-30-32-34-36-38-40-42-44-46-49-47(48)45-43-41-39-37-35-33-31-18-16-14-12-10-8-6-4-2/h12,14,18,31H,3-11,13,15-17,19-30,32-46H2,1-2H3/b14-12-,31-18-. The van der Waals surface area contributed by atoms with Gasteiger partial charge in [0.05, 0.1) is 6.61 Å². The van der Waals surface area contributed by atoms with Gasteiger partial charge in [0.2, 0.25) is 0 Å². The first kappa shape index (κ1) is 48.0. The molecule has 0 aromatic rings. The third-order valence-electron chi connectivity index (χ3n) is 10.3. The molecule has 0 aliphatic heterocycles. The van der Waals surface area contributed by atoms with E-state index in [1.54, 1.807) is 0 Å². The number of allylic oxidation sites excluding steroid dienone is 4. The highest BCUT2D eigenvalue weighted by Gasteiger charge is 2.03. The maximum absolute atomic E-state index is 12.0. The van der Waals surface area contributed by atoms with E-state index in [9.17, 15) is 4.79 Å². The zero-order chi connectivity index (χ0) is 35.4. The molecule has 0 spiro atoms. The summed E-state index contributed by atoms with van der Waals surface area (Å²) in [5.74, 6) is 0.0143. The molecule has 0 saturated heterocycles. The molecule has 0 rings (SSSR count). The summed E-state index contributed by atoms with van der Waals surface area (Å²) in [6.45, 7) is 5.18. The minimum atomic E-state index is 0.0143. The Morgan fingerprint density at radius 3 is 1.02 bits per heavy atom. The van der Waals surface area contributed by atoms with E-state index in [1.807, 2.05) is 0 Å². The van der Waals surface area contributed by atoms with Crippen molar-refractivity contribution in [3.05, 3.63) is 24.3 Å². The van der Waals surface area contributed by atoms with Gasteiger partial charge in [0.1, 0.15) is 0 Å². The molecule has 290 valence electrons. The molecule has 0 fully saturated rings. The van der Waals surface area contributed by atoms with Gasteiger partial charge in [0.15, 0.2) is 0 Å². The molecule has 0 aliphatic carbocycles. The van der Waals surface area contributed by atoms with E-state index in [-0.39, 0.29) is 5.97 Å². The average Bonchev–Trinajstić information content (AvgIpc) is 3.11. The molecule has 0 aromatic heterocycles. The number of carbonyl (C=O) groups excluding carboxylic acids is 1. The minimum Gasteiger partial charge on any atom is -0.466 e. The van der Waals surface area contributed by atoms with Crippen LogP contribution in [-0.2, 0) is 9.53 Å². The van der Waals surface area contributed by atoms with Gasteiger partial charge < -0.3 is 4.74 Å². The summed E-state index contributed by atoms with van der Waals surface area (Å²) >= 11 is 0. The third-order valence-corrected chi connectivity index (χ3v) is 10.3. The van der Waals surface area contributed by atoms with Crippen molar-refractivity contribution in [3.63, 3.8) is 0 Å². The molecule has 2 heteroatoms. The molecule has 0 aromatic carbocycles. The maximum atomic E-state index is 12.0. The van der Waals surface area contributed by atoms with E-state index in [0.717, 1.165) is 25.7 Å². The van der Waals surface area contributed by atoms with Crippen LogP contribution in [0.3, 0.4) is 0 Å². The average molecular weight is 687 g/mol. The highest BCUT2D eigenvalue weighted by atomic mass is 16.5. The number of unbranched alkanes of at least 4 members (excludes halogenated alkanes) is 34. The fourth-order valence-corrected chi connectivity index (χ4v) is 6.93. The van der Waals surface area contributed by atoms with Gasteiger partial charge >= 0.3 is 5.97 Å². The summed E-state index contributed by atoms with van der Waals surface area (Å²) < 4.78 is 5.46. The maximum Gasteiger partial charge on any atom is 0.305 e. The molecule has 0 aliphatic rings. The lowest BCUT2D eigenvalue weighted by Crippen LogP contribution is -2.05. The van der Waals surface area contributed by atoms with E-state index in [0.29, 0.717) is 13.0 Å². The molecule has 0 heterocycles. The lowest BCUT2D eigenvalue weighted by atomic mass is 10.0. The van der Waals surface area contributed by atoms with Crippen molar-refractivity contribution in [2.24, 2.45) is 0 Å². The van der Waals surface area contributed by atoms with Gasteiger partial charge in [-0.25, -0.2) is 0 Å². The predicted molar refractivity (Wildman–Crippen MR) is 221 cm³/mol. The van der Waals surface area contributed by atoms with Crippen molar-refractivity contribution < 1.29 is 9.53 Å². The molecule has 0 N–H and O–H groups in total. The third kappa shape index (κ3) is 44.9. The SMILES string of the molecule is CCCCC/C=C\C/C=C\CCCCCCCC(=O)OCCCCCCCCCCCCCCCCCCCCCCCCCCCCC. The first-order valence-corrected chi connectivity index (χ1v) is 22.8. The number of esters is 1. The van der Waals surface area contributed by atoms with Crippen LogP contribution in [0, 0.1) is 0 Å². The fourth-order valence-electron chi connectivity index (χ4n) is 6.93. The minimum absolute atomic E-state index is 0.0143. The summed E-state index contributed by atoms with van der Waals surface area (Å²) in [5.41, 5.74) is 0. The van der Waals surface area contributed by atoms with Crippen molar-refractivity contribution in [1.29, 1.82) is 0 Å². The van der Waals surface area contributed by atoms with Crippen LogP contribution in [0.4, 0.5) is 0 Å². The van der Waals surface area contributed by atoms with Gasteiger partial charge in [-0.2, -0.15) is 0 Å². The van der Waals surface area contributed by atoms with Gasteiger partial charge in [-0.3, -0.25) is 4.79 Å². The molecule has 0 saturated carbocycles. The second-order valence-electron chi connectivity index (χ2n) is 15.4. The van der Waals surface area contributed by atoms with Gasteiger partial charge in [-0.05, 0) is 44.9 Å². The van der Waals surface area contributed by atoms with Crippen molar-refractivity contribution >= 4 is 5.97 Å². The van der Waals surface area contributed by atoms with Crippen LogP contribution in [0.25, 0.3) is 0 Å². The van der Waals surface area contributed by atoms with Crippen molar-refractivity contribution in [2.45, 2.75) is 264 Å². The molecule has 0 bridgehead atoms. The topological polar surface area (TPSA) is 26.3 Å². The van der Waals surface area contributed by atoms with Crippen LogP contribution in [0.15, 0.2) is 24.3 Å². The second-order valence-corrected chi connectivity index (χ2v) is 15.4. The largest absolute Gasteiger partial charge is 0.466 e. The summed E-state index contributed by atoms with van der Waals surface area (Å²) in [4.78, 5) is 12.0. The number of carbonyl (C=O) groups is 1. The van der Waals surface area contributed by atoms with Gasteiger partial charge in [-0.15, -0.1) is 0 Å². The van der Waals surface area contributed by atoms with Crippen molar-refractivity contribution in [3.8, 4) is 0 Å². The smallest absolute Gasteiger partial charge is 0.305 e. The summed E-state index contributed by atoms with van der Waals surface area (Å²) in [7, 11) is 0. The molecule has 2 nitrogen and oxygen atoms in total. The van der Waals surface area contributed by atoms with Gasteiger partial charge in [0, 0.05) is 6.42 Å². The van der Waals surface area contributed by atoms with Gasteiger partial charge in [-0.1, -0.05) is 237 Å². The fraction of sp³-hybridized carbons (Fsp3) is 0.894. The van der Waals surface area contributed by atoms with Crippen LogP contribution in [0.5, 0.6) is 0 Å². The zero-order valence-corrected chi connectivity index (χ0v) is 33.9. The Morgan fingerprint density at radius 2 is 0.633 bits per heavy atom. The summed E-state index contributed by atoms with van der Waals surface area (Å²) in [6, 6.07) is 0. The first-order chi connectivity index (χ1) is 24.3. The molecular formula is C47H90O2. The molecule has 0 unspecified atom stereocenters. The quantitative estimate of drug-likeness (QED) is 0.0363. The highest BCUT2D eigenvalue weighted by molar-refractivity contribution is 5.69. The van der Waals surface area contributed by atoms with E-state index in [2.05, 4.69) is 38.2 Å². The molecule has 49 heavy (non-hydrogen) atoms.